The van der Waals surface area contributed by atoms with Crippen molar-refractivity contribution in [2.45, 2.75) is 56.5 Å². The summed E-state index contributed by atoms with van der Waals surface area (Å²) in [6, 6.07) is 0. The van der Waals surface area contributed by atoms with Gasteiger partial charge in [0.15, 0.2) is 0 Å². The molecule has 2 rings (SSSR count). The molecule has 0 aromatic rings. The van der Waals surface area contributed by atoms with Crippen molar-refractivity contribution >= 4 is 10.0 Å². The van der Waals surface area contributed by atoms with Gasteiger partial charge >= 0.3 is 0 Å². The van der Waals surface area contributed by atoms with Crippen molar-refractivity contribution in [1.29, 1.82) is 0 Å². The Bertz CT molecular complexity index is 375. The van der Waals surface area contributed by atoms with Crippen molar-refractivity contribution in [1.82, 2.24) is 10.0 Å². The highest BCUT2D eigenvalue weighted by Crippen LogP contribution is 2.37. The molecule has 1 spiro atoms. The van der Waals surface area contributed by atoms with Crippen LogP contribution in [-0.2, 0) is 14.8 Å². The molecule has 0 aliphatic carbocycles. The molecule has 0 amide bonds. The average Bonchev–Trinajstić information content (AvgIpc) is 2.71. The summed E-state index contributed by atoms with van der Waals surface area (Å²) in [6.45, 7) is 5.79. The van der Waals surface area contributed by atoms with Crippen LogP contribution in [0.2, 0.25) is 0 Å². The summed E-state index contributed by atoms with van der Waals surface area (Å²) < 4.78 is 32.1. The number of nitrogens with one attached hydrogen (secondary N) is 2. The lowest BCUT2D eigenvalue weighted by atomic mass is 9.89. The number of hydrogen-bond donors (Lipinski definition) is 2. The normalized spacial score (nSPS) is 28.1. The standard InChI is InChI=1S/C12H24N2O3S/c1-10(2)18(15,16)14-9-11-3-4-12(17-11)5-7-13-8-6-12/h10-11,13-14H,3-9H2,1-2H3/t11-/m0/s1. The molecule has 2 heterocycles. The fourth-order valence-corrected chi connectivity index (χ4v) is 3.42. The molecule has 18 heavy (non-hydrogen) atoms. The van der Waals surface area contributed by atoms with Gasteiger partial charge in [-0.15, -0.1) is 0 Å². The number of ether oxygens (including phenoxy) is 1. The summed E-state index contributed by atoms with van der Waals surface area (Å²) in [5.41, 5.74) is 0.0131. The lowest BCUT2D eigenvalue weighted by Gasteiger charge is -2.33. The summed E-state index contributed by atoms with van der Waals surface area (Å²) in [6.07, 6.45) is 4.14. The van der Waals surface area contributed by atoms with E-state index < -0.39 is 10.0 Å². The summed E-state index contributed by atoms with van der Waals surface area (Å²) >= 11 is 0. The van der Waals surface area contributed by atoms with Crippen LogP contribution in [0.1, 0.15) is 39.5 Å². The predicted molar refractivity (Wildman–Crippen MR) is 71.0 cm³/mol. The Morgan fingerprint density at radius 1 is 1.33 bits per heavy atom. The van der Waals surface area contributed by atoms with Crippen LogP contribution in [0.3, 0.4) is 0 Å². The quantitative estimate of drug-likeness (QED) is 0.790. The minimum absolute atomic E-state index is 0.0131. The zero-order valence-corrected chi connectivity index (χ0v) is 12.1. The molecule has 5 nitrogen and oxygen atoms in total. The van der Waals surface area contributed by atoms with Crippen LogP contribution in [-0.4, -0.2) is 45.0 Å². The Morgan fingerprint density at radius 2 is 2.00 bits per heavy atom. The van der Waals surface area contributed by atoms with E-state index in [0.717, 1.165) is 38.8 Å². The lowest BCUT2D eigenvalue weighted by molar-refractivity contribution is -0.0567. The first-order valence-electron chi connectivity index (χ1n) is 6.81. The van der Waals surface area contributed by atoms with E-state index in [1.807, 2.05) is 0 Å². The third-order valence-electron chi connectivity index (χ3n) is 3.99. The maximum absolute atomic E-state index is 11.7. The van der Waals surface area contributed by atoms with E-state index in [0.29, 0.717) is 6.54 Å². The second-order valence-electron chi connectivity index (χ2n) is 5.65. The monoisotopic (exact) mass is 276 g/mol. The second-order valence-corrected chi connectivity index (χ2v) is 7.98. The molecule has 0 saturated carbocycles. The van der Waals surface area contributed by atoms with Gasteiger partial charge in [-0.1, -0.05) is 0 Å². The number of sulfonamides is 1. The van der Waals surface area contributed by atoms with Crippen molar-refractivity contribution in [3.63, 3.8) is 0 Å². The fourth-order valence-electron chi connectivity index (χ4n) is 2.67. The van der Waals surface area contributed by atoms with Gasteiger partial charge in [-0.05, 0) is 52.6 Å². The molecule has 2 fully saturated rings. The first kappa shape index (κ1) is 14.2. The van der Waals surface area contributed by atoms with Gasteiger partial charge in [0.2, 0.25) is 10.0 Å². The van der Waals surface area contributed by atoms with Gasteiger partial charge < -0.3 is 10.1 Å². The molecule has 0 bridgehead atoms. The first-order valence-corrected chi connectivity index (χ1v) is 8.35. The van der Waals surface area contributed by atoms with Crippen molar-refractivity contribution in [3.05, 3.63) is 0 Å². The largest absolute Gasteiger partial charge is 0.370 e. The summed E-state index contributed by atoms with van der Waals surface area (Å²) in [5.74, 6) is 0. The summed E-state index contributed by atoms with van der Waals surface area (Å²) in [5, 5.41) is 2.95. The van der Waals surface area contributed by atoms with Gasteiger partial charge in [-0.3, -0.25) is 0 Å². The molecule has 1 atom stereocenters. The van der Waals surface area contributed by atoms with Crippen molar-refractivity contribution in [2.75, 3.05) is 19.6 Å². The lowest BCUT2D eigenvalue weighted by Crippen LogP contribution is -2.43. The smallest absolute Gasteiger partial charge is 0.214 e. The Hall–Kier alpha value is -0.170. The number of hydrogen-bond acceptors (Lipinski definition) is 4. The van der Waals surface area contributed by atoms with Gasteiger partial charge in [0, 0.05) is 6.54 Å². The van der Waals surface area contributed by atoms with E-state index in [-0.39, 0.29) is 17.0 Å². The van der Waals surface area contributed by atoms with Crippen molar-refractivity contribution < 1.29 is 13.2 Å². The predicted octanol–water partition coefficient (Wildman–Crippen LogP) is 0.615. The molecule has 0 aromatic carbocycles. The Kier molecular flexibility index (Phi) is 4.31. The zero-order valence-electron chi connectivity index (χ0n) is 11.2. The van der Waals surface area contributed by atoms with Crippen LogP contribution in [0.4, 0.5) is 0 Å². The molecule has 2 N–H and O–H groups in total. The van der Waals surface area contributed by atoms with E-state index in [1.54, 1.807) is 13.8 Å². The molecule has 2 saturated heterocycles. The Morgan fingerprint density at radius 3 is 2.61 bits per heavy atom. The molecule has 0 aromatic heterocycles. The van der Waals surface area contributed by atoms with Crippen LogP contribution in [0, 0.1) is 0 Å². The first-order chi connectivity index (χ1) is 8.44. The summed E-state index contributed by atoms with van der Waals surface area (Å²) in [4.78, 5) is 0. The van der Waals surface area contributed by atoms with Gasteiger partial charge in [0.05, 0.1) is 17.0 Å². The van der Waals surface area contributed by atoms with Gasteiger partial charge in [0.1, 0.15) is 0 Å². The van der Waals surface area contributed by atoms with Crippen LogP contribution in [0.5, 0.6) is 0 Å². The SMILES string of the molecule is CC(C)S(=O)(=O)NC[C@@H]1CCC2(CCNCC2)O1. The highest BCUT2D eigenvalue weighted by Gasteiger charge is 2.40. The maximum atomic E-state index is 11.7. The molecule has 2 aliphatic rings. The fraction of sp³-hybridized carbons (Fsp3) is 1.00. The Labute approximate surface area is 110 Å². The number of piperidine rings is 1. The maximum Gasteiger partial charge on any atom is 0.214 e. The average molecular weight is 276 g/mol. The van der Waals surface area contributed by atoms with Gasteiger partial charge in [-0.2, -0.15) is 0 Å². The molecule has 0 unspecified atom stereocenters. The van der Waals surface area contributed by atoms with E-state index in [9.17, 15) is 8.42 Å². The third kappa shape index (κ3) is 3.23. The number of rotatable bonds is 4. The zero-order chi connectivity index (χ0) is 13.2. The summed E-state index contributed by atoms with van der Waals surface area (Å²) in [7, 11) is -3.17. The minimum Gasteiger partial charge on any atom is -0.370 e. The van der Waals surface area contributed by atoms with Crippen LogP contribution < -0.4 is 10.0 Å². The van der Waals surface area contributed by atoms with E-state index in [1.165, 1.54) is 0 Å². The van der Waals surface area contributed by atoms with Crippen LogP contribution in [0.25, 0.3) is 0 Å². The van der Waals surface area contributed by atoms with Crippen molar-refractivity contribution in [2.24, 2.45) is 0 Å². The molecule has 106 valence electrons. The highest BCUT2D eigenvalue weighted by atomic mass is 32.2. The van der Waals surface area contributed by atoms with Crippen molar-refractivity contribution in [3.8, 4) is 0 Å². The van der Waals surface area contributed by atoms with Crippen LogP contribution in [0.15, 0.2) is 0 Å². The second kappa shape index (κ2) is 5.45. The highest BCUT2D eigenvalue weighted by molar-refractivity contribution is 7.90. The van der Waals surface area contributed by atoms with E-state index in [2.05, 4.69) is 10.0 Å². The molecule has 2 aliphatic heterocycles. The molecule has 6 heteroatoms. The van der Waals surface area contributed by atoms with Crippen LogP contribution >= 0.6 is 0 Å². The Balaban J connectivity index is 1.83. The third-order valence-corrected chi connectivity index (χ3v) is 5.80. The minimum atomic E-state index is -3.17. The van der Waals surface area contributed by atoms with Gasteiger partial charge in [0.25, 0.3) is 0 Å². The van der Waals surface area contributed by atoms with E-state index in [4.69, 9.17) is 4.74 Å². The molecule has 0 radical (unpaired) electrons. The van der Waals surface area contributed by atoms with Gasteiger partial charge in [-0.25, -0.2) is 13.1 Å². The molecular formula is C12H24N2O3S. The van der Waals surface area contributed by atoms with E-state index >= 15 is 0 Å². The molecular weight excluding hydrogens is 252 g/mol. The topological polar surface area (TPSA) is 67.4 Å².